The number of likely N-dealkylation sites (tertiary alicyclic amines) is 1. The molecule has 2 rings (SSSR count). The van der Waals surface area contributed by atoms with Gasteiger partial charge in [-0.25, -0.2) is 4.98 Å². The van der Waals surface area contributed by atoms with Crippen molar-refractivity contribution < 1.29 is 4.74 Å². The maximum atomic E-state index is 6.06. The molecule has 3 nitrogen and oxygen atoms in total. The minimum absolute atomic E-state index is 0.442. The molecule has 1 aromatic heterocycles. The predicted octanol–water partition coefficient (Wildman–Crippen LogP) is 2.86. The number of pyridine rings is 1. The van der Waals surface area contributed by atoms with Crippen LogP contribution in [-0.4, -0.2) is 36.7 Å². The van der Waals surface area contributed by atoms with E-state index in [1.165, 1.54) is 6.42 Å². The molecular weight excluding hydrogens is 259 g/mol. The maximum absolute atomic E-state index is 6.06. The average Bonchev–Trinajstić information content (AvgIpc) is 2.71. The van der Waals surface area contributed by atoms with Crippen molar-refractivity contribution in [2.75, 3.05) is 26.8 Å². The summed E-state index contributed by atoms with van der Waals surface area (Å²) >= 11 is 11.8. The smallest absolute Gasteiger partial charge is 0.135 e. The van der Waals surface area contributed by atoms with Crippen molar-refractivity contribution in [1.82, 2.24) is 9.88 Å². The molecule has 0 saturated carbocycles. The van der Waals surface area contributed by atoms with Crippen LogP contribution in [0, 0.1) is 5.92 Å². The van der Waals surface area contributed by atoms with Gasteiger partial charge in [0.25, 0.3) is 0 Å². The number of hydrogen-bond donors (Lipinski definition) is 0. The number of rotatable bonds is 4. The Kier molecular flexibility index (Phi) is 4.62. The lowest BCUT2D eigenvalue weighted by molar-refractivity contribution is 0.152. The number of halogens is 2. The van der Waals surface area contributed by atoms with Crippen LogP contribution in [0.25, 0.3) is 0 Å². The van der Waals surface area contributed by atoms with E-state index in [2.05, 4.69) is 9.88 Å². The lowest BCUT2D eigenvalue weighted by Gasteiger charge is -2.16. The molecule has 1 fully saturated rings. The van der Waals surface area contributed by atoms with Crippen molar-refractivity contribution in [1.29, 1.82) is 0 Å². The van der Waals surface area contributed by atoms with Crippen LogP contribution in [0.15, 0.2) is 12.1 Å². The second kappa shape index (κ2) is 6.01. The van der Waals surface area contributed by atoms with Crippen LogP contribution in [0.4, 0.5) is 0 Å². The summed E-state index contributed by atoms with van der Waals surface area (Å²) in [5, 5.41) is 0.949. The first-order valence-corrected chi connectivity index (χ1v) is 6.47. The van der Waals surface area contributed by atoms with E-state index in [1.54, 1.807) is 13.2 Å². The lowest BCUT2D eigenvalue weighted by atomic mass is 10.1. The summed E-state index contributed by atoms with van der Waals surface area (Å²) in [5.41, 5.74) is 1.04. The summed E-state index contributed by atoms with van der Waals surface area (Å²) in [6.45, 7) is 3.83. The number of hydrogen-bond acceptors (Lipinski definition) is 3. The predicted molar refractivity (Wildman–Crippen MR) is 69.5 cm³/mol. The van der Waals surface area contributed by atoms with Crippen LogP contribution in [0.5, 0.6) is 0 Å². The Morgan fingerprint density at radius 2 is 2.29 bits per heavy atom. The van der Waals surface area contributed by atoms with E-state index in [0.717, 1.165) is 31.8 Å². The first-order valence-electron chi connectivity index (χ1n) is 5.71. The first kappa shape index (κ1) is 13.1. The Morgan fingerprint density at radius 1 is 1.47 bits per heavy atom. The van der Waals surface area contributed by atoms with Gasteiger partial charge in [0, 0.05) is 25.8 Å². The molecule has 1 atom stereocenters. The zero-order valence-electron chi connectivity index (χ0n) is 9.83. The van der Waals surface area contributed by atoms with Crippen molar-refractivity contribution in [3.05, 3.63) is 28.0 Å². The Hall–Kier alpha value is -0.350. The summed E-state index contributed by atoms with van der Waals surface area (Å²) in [6, 6.07) is 3.73. The summed E-state index contributed by atoms with van der Waals surface area (Å²) in [6.07, 6.45) is 1.19. The van der Waals surface area contributed by atoms with Crippen molar-refractivity contribution in [3.63, 3.8) is 0 Å². The molecule has 1 aliphatic rings. The fraction of sp³-hybridized carbons (Fsp3) is 0.583. The molecule has 0 N–H and O–H groups in total. The van der Waals surface area contributed by atoms with Gasteiger partial charge in [0.05, 0.1) is 6.61 Å². The average molecular weight is 275 g/mol. The lowest BCUT2D eigenvalue weighted by Crippen LogP contribution is -2.21. The second-order valence-electron chi connectivity index (χ2n) is 4.43. The summed E-state index contributed by atoms with van der Waals surface area (Å²) in [7, 11) is 1.75. The minimum atomic E-state index is 0.442. The van der Waals surface area contributed by atoms with E-state index in [9.17, 15) is 0 Å². The van der Waals surface area contributed by atoms with E-state index >= 15 is 0 Å². The first-order chi connectivity index (χ1) is 8.19. The van der Waals surface area contributed by atoms with Crippen molar-refractivity contribution in [2.24, 2.45) is 5.92 Å². The molecule has 0 aromatic carbocycles. The van der Waals surface area contributed by atoms with Gasteiger partial charge in [-0.3, -0.25) is 4.90 Å². The van der Waals surface area contributed by atoms with Gasteiger partial charge in [-0.05, 0) is 24.9 Å². The molecule has 0 radical (unpaired) electrons. The molecule has 0 aliphatic carbocycles. The SMILES string of the molecule is COCC1CCN(Cc2ccc(Cl)nc2Cl)C1. The van der Waals surface area contributed by atoms with Gasteiger partial charge in [0.15, 0.2) is 0 Å². The van der Waals surface area contributed by atoms with Crippen LogP contribution < -0.4 is 0 Å². The fourth-order valence-electron chi connectivity index (χ4n) is 2.23. The van der Waals surface area contributed by atoms with Crippen LogP contribution in [0.3, 0.4) is 0 Å². The normalized spacial score (nSPS) is 21.0. The zero-order valence-corrected chi connectivity index (χ0v) is 11.3. The van der Waals surface area contributed by atoms with Crippen molar-refractivity contribution >= 4 is 23.2 Å². The van der Waals surface area contributed by atoms with Crippen molar-refractivity contribution in [3.8, 4) is 0 Å². The molecule has 17 heavy (non-hydrogen) atoms. The largest absolute Gasteiger partial charge is 0.384 e. The van der Waals surface area contributed by atoms with E-state index in [-0.39, 0.29) is 0 Å². The van der Waals surface area contributed by atoms with Gasteiger partial charge in [0.1, 0.15) is 10.3 Å². The van der Waals surface area contributed by atoms with Crippen LogP contribution in [0.1, 0.15) is 12.0 Å². The molecule has 5 heteroatoms. The minimum Gasteiger partial charge on any atom is -0.384 e. The van der Waals surface area contributed by atoms with Crippen LogP contribution in [0.2, 0.25) is 10.3 Å². The standard InChI is InChI=1S/C12H16Cl2N2O/c1-17-8-9-4-5-16(6-9)7-10-2-3-11(13)15-12(10)14/h2-3,9H,4-8H2,1H3. The highest BCUT2D eigenvalue weighted by Gasteiger charge is 2.22. The van der Waals surface area contributed by atoms with E-state index in [0.29, 0.717) is 16.2 Å². The van der Waals surface area contributed by atoms with Gasteiger partial charge >= 0.3 is 0 Å². The van der Waals surface area contributed by atoms with E-state index in [4.69, 9.17) is 27.9 Å². The third-order valence-corrected chi connectivity index (χ3v) is 3.60. The molecule has 0 amide bonds. The van der Waals surface area contributed by atoms with Gasteiger partial charge in [0.2, 0.25) is 0 Å². The number of methoxy groups -OCH3 is 1. The third-order valence-electron chi connectivity index (χ3n) is 3.06. The highest BCUT2D eigenvalue weighted by Crippen LogP contribution is 2.22. The molecule has 2 heterocycles. The van der Waals surface area contributed by atoms with Gasteiger partial charge in [-0.2, -0.15) is 0 Å². The Morgan fingerprint density at radius 3 is 3.00 bits per heavy atom. The maximum Gasteiger partial charge on any atom is 0.135 e. The van der Waals surface area contributed by atoms with Gasteiger partial charge in [-0.1, -0.05) is 29.3 Å². The second-order valence-corrected chi connectivity index (χ2v) is 5.17. The highest BCUT2D eigenvalue weighted by atomic mass is 35.5. The van der Waals surface area contributed by atoms with Crippen LogP contribution in [-0.2, 0) is 11.3 Å². The molecule has 94 valence electrons. The number of aromatic nitrogens is 1. The Bertz CT molecular complexity index is 387. The quantitative estimate of drug-likeness (QED) is 0.790. The third kappa shape index (κ3) is 3.55. The molecular formula is C12H16Cl2N2O. The van der Waals surface area contributed by atoms with Crippen molar-refractivity contribution in [2.45, 2.75) is 13.0 Å². The van der Waals surface area contributed by atoms with Gasteiger partial charge in [-0.15, -0.1) is 0 Å². The molecule has 1 unspecified atom stereocenters. The number of ether oxygens (including phenoxy) is 1. The zero-order chi connectivity index (χ0) is 12.3. The molecule has 1 aliphatic heterocycles. The highest BCUT2D eigenvalue weighted by molar-refractivity contribution is 6.32. The number of nitrogens with zero attached hydrogens (tertiary/aromatic N) is 2. The molecule has 0 bridgehead atoms. The summed E-state index contributed by atoms with van der Waals surface area (Å²) < 4.78 is 5.18. The summed E-state index contributed by atoms with van der Waals surface area (Å²) in [4.78, 5) is 6.43. The fourth-order valence-corrected chi connectivity index (χ4v) is 2.63. The Balaban J connectivity index is 1.93. The monoisotopic (exact) mass is 274 g/mol. The Labute approximate surface area is 112 Å². The van der Waals surface area contributed by atoms with E-state index < -0.39 is 0 Å². The van der Waals surface area contributed by atoms with Crippen LogP contribution >= 0.6 is 23.2 Å². The topological polar surface area (TPSA) is 25.4 Å². The molecule has 1 aromatic rings. The van der Waals surface area contributed by atoms with E-state index in [1.807, 2.05) is 6.07 Å². The van der Waals surface area contributed by atoms with Gasteiger partial charge < -0.3 is 4.74 Å². The molecule has 0 spiro atoms. The summed E-state index contributed by atoms with van der Waals surface area (Å²) in [5.74, 6) is 0.638. The molecule has 1 saturated heterocycles.